The Bertz CT molecular complexity index is 984. The van der Waals surface area contributed by atoms with Crippen LogP contribution in [0.4, 0.5) is 5.82 Å². The fourth-order valence-corrected chi connectivity index (χ4v) is 5.97. The van der Waals surface area contributed by atoms with Gasteiger partial charge in [0.2, 0.25) is 5.28 Å². The number of aliphatic hydroxyl groups is 1. The number of imidazole rings is 1. The molecular weight excluding hydrogens is 410 g/mol. The molecule has 0 unspecified atom stereocenters. The van der Waals surface area contributed by atoms with Gasteiger partial charge in [-0.15, -0.1) is 0 Å². The van der Waals surface area contributed by atoms with Crippen molar-refractivity contribution in [3.8, 4) is 0 Å². The van der Waals surface area contributed by atoms with Gasteiger partial charge in [-0.2, -0.15) is 9.97 Å². The van der Waals surface area contributed by atoms with Crippen LogP contribution in [0, 0.1) is 11.8 Å². The second-order valence-corrected chi connectivity index (χ2v) is 9.74. The van der Waals surface area contributed by atoms with Crippen molar-refractivity contribution in [2.75, 3.05) is 11.9 Å². The number of fused-ring (bicyclic) bond motifs is 4. The van der Waals surface area contributed by atoms with Crippen molar-refractivity contribution < 1.29 is 19.3 Å². The van der Waals surface area contributed by atoms with Gasteiger partial charge in [0.05, 0.1) is 12.9 Å². The van der Waals surface area contributed by atoms with E-state index in [4.69, 9.17) is 25.8 Å². The summed E-state index contributed by atoms with van der Waals surface area (Å²) in [6.45, 7) is 3.56. The molecule has 0 aromatic carbocycles. The third-order valence-electron chi connectivity index (χ3n) is 7.03. The molecule has 7 atom stereocenters. The zero-order chi connectivity index (χ0) is 20.6. The number of hydrogen-bond acceptors (Lipinski definition) is 8. The Kier molecular flexibility index (Phi) is 4.31. The van der Waals surface area contributed by atoms with Gasteiger partial charge in [-0.25, -0.2) is 4.98 Å². The highest BCUT2D eigenvalue weighted by atomic mass is 35.5. The Labute approximate surface area is 179 Å². The van der Waals surface area contributed by atoms with Crippen LogP contribution in [0.1, 0.15) is 45.8 Å². The molecule has 2 aromatic rings. The van der Waals surface area contributed by atoms with Crippen LogP contribution in [-0.2, 0) is 14.2 Å². The minimum absolute atomic E-state index is 0.156. The molecule has 2 N–H and O–H groups in total. The molecule has 162 valence electrons. The molecule has 9 nitrogen and oxygen atoms in total. The van der Waals surface area contributed by atoms with E-state index in [2.05, 4.69) is 20.3 Å². The number of nitrogens with one attached hydrogen (secondary N) is 1. The van der Waals surface area contributed by atoms with E-state index in [-0.39, 0.29) is 24.1 Å². The number of hydrogen-bond donors (Lipinski definition) is 2. The van der Waals surface area contributed by atoms with E-state index < -0.39 is 18.1 Å². The molecule has 10 heteroatoms. The Hall–Kier alpha value is -1.52. The smallest absolute Gasteiger partial charge is 0.226 e. The zero-order valence-electron chi connectivity index (χ0n) is 17.0. The van der Waals surface area contributed by atoms with Gasteiger partial charge >= 0.3 is 0 Å². The van der Waals surface area contributed by atoms with Gasteiger partial charge in [-0.1, -0.05) is 6.42 Å². The molecule has 0 amide bonds. The number of rotatable bonds is 4. The molecule has 4 aliphatic rings. The van der Waals surface area contributed by atoms with Crippen LogP contribution in [-0.4, -0.2) is 61.4 Å². The van der Waals surface area contributed by atoms with E-state index in [1.165, 1.54) is 25.7 Å². The van der Waals surface area contributed by atoms with Crippen LogP contribution in [0.3, 0.4) is 0 Å². The van der Waals surface area contributed by atoms with Gasteiger partial charge in [-0.05, 0) is 56.5 Å². The van der Waals surface area contributed by atoms with Crippen LogP contribution in [0.25, 0.3) is 11.2 Å². The predicted octanol–water partition coefficient (Wildman–Crippen LogP) is 2.49. The summed E-state index contributed by atoms with van der Waals surface area (Å²) >= 11 is 6.30. The summed E-state index contributed by atoms with van der Waals surface area (Å²) in [7, 11) is 0. The Morgan fingerprint density at radius 1 is 1.23 bits per heavy atom. The maximum absolute atomic E-state index is 9.77. The van der Waals surface area contributed by atoms with Crippen molar-refractivity contribution in [1.29, 1.82) is 0 Å². The maximum Gasteiger partial charge on any atom is 0.226 e. The highest BCUT2D eigenvalue weighted by Gasteiger charge is 2.56. The second kappa shape index (κ2) is 6.74. The Morgan fingerprint density at radius 3 is 2.80 bits per heavy atom. The van der Waals surface area contributed by atoms with Crippen LogP contribution in [0.15, 0.2) is 6.33 Å². The molecule has 4 fully saturated rings. The quantitative estimate of drug-likeness (QED) is 0.706. The lowest BCUT2D eigenvalue weighted by Crippen LogP contribution is -2.31. The summed E-state index contributed by atoms with van der Waals surface area (Å²) in [5.74, 6) is 1.43. The Balaban J connectivity index is 1.35. The van der Waals surface area contributed by atoms with E-state index in [1.54, 1.807) is 6.33 Å². The molecule has 2 aromatic heterocycles. The standard InChI is InChI=1S/C20H26ClN5O4/c1-20(2)29-14-12(7-27)28-18(15(14)30-20)26-8-22-13-16(24-19(21)25-17(13)26)23-11-6-9-3-4-10(11)5-9/h8-12,14-15,18,27H,3-7H2,1-2H3,(H,23,24,25)/t9-,10+,11-,12+,14+,15+,18+/m0/s1. The molecule has 0 radical (unpaired) electrons. The second-order valence-electron chi connectivity index (χ2n) is 9.40. The van der Waals surface area contributed by atoms with Gasteiger partial charge in [0.15, 0.2) is 29.0 Å². The largest absolute Gasteiger partial charge is 0.394 e. The fourth-order valence-electron chi connectivity index (χ4n) is 5.80. The molecule has 2 aliphatic carbocycles. The fraction of sp³-hybridized carbons (Fsp3) is 0.750. The summed E-state index contributed by atoms with van der Waals surface area (Å²) in [6, 6.07) is 0.404. The average molecular weight is 436 g/mol. The summed E-state index contributed by atoms with van der Waals surface area (Å²) in [5, 5.41) is 13.5. The van der Waals surface area contributed by atoms with Crippen LogP contribution >= 0.6 is 11.6 Å². The van der Waals surface area contributed by atoms with E-state index in [0.29, 0.717) is 28.9 Å². The molecule has 0 spiro atoms. The zero-order valence-corrected chi connectivity index (χ0v) is 17.7. The number of nitrogens with zero attached hydrogens (tertiary/aromatic N) is 4. The van der Waals surface area contributed by atoms with E-state index in [9.17, 15) is 5.11 Å². The lowest BCUT2D eigenvalue weighted by Gasteiger charge is -2.24. The first-order valence-electron chi connectivity index (χ1n) is 10.7. The molecule has 30 heavy (non-hydrogen) atoms. The van der Waals surface area contributed by atoms with Gasteiger partial charge < -0.3 is 24.6 Å². The summed E-state index contributed by atoms with van der Waals surface area (Å²) in [4.78, 5) is 13.5. The molecular formula is C20H26ClN5O4. The first-order chi connectivity index (χ1) is 14.4. The van der Waals surface area contributed by atoms with Crippen LogP contribution < -0.4 is 5.32 Å². The topological polar surface area (TPSA) is 104 Å². The molecule has 2 saturated carbocycles. The predicted molar refractivity (Wildman–Crippen MR) is 108 cm³/mol. The third kappa shape index (κ3) is 2.94. The molecule has 2 aliphatic heterocycles. The van der Waals surface area contributed by atoms with Gasteiger partial charge in [0, 0.05) is 6.04 Å². The number of ether oxygens (including phenoxy) is 3. The van der Waals surface area contributed by atoms with Crippen LogP contribution in [0.2, 0.25) is 5.28 Å². The van der Waals surface area contributed by atoms with Crippen LogP contribution in [0.5, 0.6) is 0 Å². The first-order valence-corrected chi connectivity index (χ1v) is 11.1. The van der Waals surface area contributed by atoms with Gasteiger partial charge in [-0.3, -0.25) is 4.57 Å². The van der Waals surface area contributed by atoms with Crippen molar-refractivity contribution in [3.05, 3.63) is 11.6 Å². The normalized spacial score (nSPS) is 39.1. The highest BCUT2D eigenvalue weighted by molar-refractivity contribution is 6.28. The molecule has 4 heterocycles. The van der Waals surface area contributed by atoms with E-state index in [0.717, 1.165) is 5.92 Å². The highest BCUT2D eigenvalue weighted by Crippen LogP contribution is 2.46. The molecule has 6 rings (SSSR count). The number of anilines is 1. The lowest BCUT2D eigenvalue weighted by molar-refractivity contribution is -0.199. The monoisotopic (exact) mass is 435 g/mol. The molecule has 2 bridgehead atoms. The van der Waals surface area contributed by atoms with Crippen molar-refractivity contribution >= 4 is 28.6 Å². The minimum Gasteiger partial charge on any atom is -0.394 e. The summed E-state index contributed by atoms with van der Waals surface area (Å²) in [5.41, 5.74) is 1.24. The van der Waals surface area contributed by atoms with Gasteiger partial charge in [0.25, 0.3) is 0 Å². The SMILES string of the molecule is CC1(C)O[C@@H]2[C@H](O1)[C@@H](CO)O[C@H]2n1cnc2c(N[C@H]3C[C@H]4CC[C@@H]3C4)nc(Cl)nc21. The first kappa shape index (κ1) is 19.2. The number of aromatic nitrogens is 4. The summed E-state index contributed by atoms with van der Waals surface area (Å²) in [6.07, 6.45) is 4.99. The van der Waals surface area contributed by atoms with Gasteiger partial charge in [0.1, 0.15) is 18.3 Å². The van der Waals surface area contributed by atoms with Crippen molar-refractivity contribution in [1.82, 2.24) is 19.5 Å². The van der Waals surface area contributed by atoms with Crippen molar-refractivity contribution in [2.24, 2.45) is 11.8 Å². The Morgan fingerprint density at radius 2 is 2.07 bits per heavy atom. The molecule has 2 saturated heterocycles. The third-order valence-corrected chi connectivity index (χ3v) is 7.20. The van der Waals surface area contributed by atoms with E-state index in [1.807, 2.05) is 18.4 Å². The lowest BCUT2D eigenvalue weighted by atomic mass is 9.95. The van der Waals surface area contributed by atoms with E-state index >= 15 is 0 Å². The number of halogens is 1. The number of aliphatic hydroxyl groups excluding tert-OH is 1. The van der Waals surface area contributed by atoms with Crippen molar-refractivity contribution in [2.45, 2.75) is 75.9 Å². The maximum atomic E-state index is 9.77. The minimum atomic E-state index is -0.748. The average Bonchev–Trinajstić information content (AvgIpc) is 3.47. The van der Waals surface area contributed by atoms with Crippen molar-refractivity contribution in [3.63, 3.8) is 0 Å². The summed E-state index contributed by atoms with van der Waals surface area (Å²) < 4.78 is 19.9.